The third-order valence-corrected chi connectivity index (χ3v) is 12.0. The van der Waals surface area contributed by atoms with Crippen molar-refractivity contribution in [3.05, 3.63) is 255 Å². The Hall–Kier alpha value is -8.20. The fraction of sp³-hybridized carbons (Fsp3) is 0. The average molecular weight is 791 g/mol. The second kappa shape index (κ2) is 16.1. The normalized spacial score (nSPS) is 11.2. The van der Waals surface area contributed by atoms with Gasteiger partial charge in [-0.3, -0.25) is 0 Å². The molecule has 1 aromatic heterocycles. The Morgan fingerprint density at radius 2 is 0.742 bits per heavy atom. The summed E-state index contributed by atoms with van der Waals surface area (Å²) in [6.45, 7) is 0. The van der Waals surface area contributed by atoms with E-state index in [4.69, 9.17) is 0 Å². The first-order valence-electron chi connectivity index (χ1n) is 21.3. The van der Waals surface area contributed by atoms with E-state index in [-0.39, 0.29) is 0 Å². The molecule has 11 rings (SSSR count). The van der Waals surface area contributed by atoms with Crippen LogP contribution in [0.25, 0.3) is 83.1 Å². The monoisotopic (exact) mass is 790 g/mol. The lowest BCUT2D eigenvalue weighted by atomic mass is 9.93. The lowest BCUT2D eigenvalue weighted by molar-refractivity contribution is 1.18. The van der Waals surface area contributed by atoms with Crippen LogP contribution in [-0.4, -0.2) is 4.57 Å². The number of hydrogen-bond donors (Lipinski definition) is 0. The van der Waals surface area contributed by atoms with Crippen LogP contribution in [-0.2, 0) is 0 Å². The van der Waals surface area contributed by atoms with E-state index in [1.807, 2.05) is 0 Å². The first kappa shape index (κ1) is 36.8. The highest BCUT2D eigenvalue weighted by Crippen LogP contribution is 2.45. The molecule has 1 heterocycles. The predicted molar refractivity (Wildman–Crippen MR) is 263 cm³/mol. The number of anilines is 3. The van der Waals surface area contributed by atoms with E-state index in [9.17, 15) is 0 Å². The van der Waals surface area contributed by atoms with Crippen molar-refractivity contribution >= 4 is 38.9 Å². The molecule has 0 saturated heterocycles. The number of aromatic nitrogens is 1. The molecule has 0 aliphatic carbocycles. The fourth-order valence-corrected chi connectivity index (χ4v) is 9.09. The largest absolute Gasteiger partial charge is 0.310 e. The van der Waals surface area contributed by atoms with Crippen molar-refractivity contribution in [3.63, 3.8) is 0 Å². The number of nitrogens with zero attached hydrogens (tertiary/aromatic N) is 2. The van der Waals surface area contributed by atoms with E-state index in [0.717, 1.165) is 39.4 Å². The third kappa shape index (κ3) is 6.74. The molecule has 0 fully saturated rings. The Bertz CT molecular complexity index is 3310. The molecule has 10 aromatic carbocycles. The van der Waals surface area contributed by atoms with Gasteiger partial charge < -0.3 is 9.47 Å². The molecule has 0 aliphatic heterocycles. The van der Waals surface area contributed by atoms with Gasteiger partial charge in [0.1, 0.15) is 0 Å². The number of fused-ring (bicyclic) bond motifs is 3. The van der Waals surface area contributed by atoms with Crippen molar-refractivity contribution in [3.8, 4) is 61.3 Å². The van der Waals surface area contributed by atoms with E-state index in [2.05, 4.69) is 264 Å². The van der Waals surface area contributed by atoms with Crippen molar-refractivity contribution in [2.24, 2.45) is 0 Å². The number of rotatable bonds is 9. The van der Waals surface area contributed by atoms with Gasteiger partial charge in [0.2, 0.25) is 0 Å². The molecular formula is C60H42N2. The third-order valence-electron chi connectivity index (χ3n) is 12.0. The maximum atomic E-state index is 2.47. The van der Waals surface area contributed by atoms with E-state index in [0.29, 0.717) is 0 Å². The number of benzene rings is 10. The summed E-state index contributed by atoms with van der Waals surface area (Å²) in [4.78, 5) is 2.42. The number of para-hydroxylation sites is 3. The molecule has 2 heteroatoms. The standard InChI is InChI=1S/C60H42N2/c1-5-19-43(20-6-1)44-33-35-45(36-34-44)48-37-40-59(56(41-48)47-23-9-3-10-24-47)61(49-25-11-4-12-26-49)50-38-39-55-54-30-16-18-32-58(54)62(60(55)42-50)57-31-17-15-29-53(57)52-28-14-13-27-51(52)46-21-7-2-8-22-46/h1-42H. The summed E-state index contributed by atoms with van der Waals surface area (Å²) in [6.07, 6.45) is 0. The van der Waals surface area contributed by atoms with Gasteiger partial charge in [-0.1, -0.05) is 206 Å². The van der Waals surface area contributed by atoms with Crippen molar-refractivity contribution in [1.82, 2.24) is 4.57 Å². The average Bonchev–Trinajstić information content (AvgIpc) is 3.69. The molecule has 0 atom stereocenters. The summed E-state index contributed by atoms with van der Waals surface area (Å²) in [6, 6.07) is 92.1. The van der Waals surface area contributed by atoms with Gasteiger partial charge in [0, 0.05) is 33.3 Å². The van der Waals surface area contributed by atoms with Crippen LogP contribution in [0.15, 0.2) is 255 Å². The highest BCUT2D eigenvalue weighted by atomic mass is 15.1. The zero-order chi connectivity index (χ0) is 41.2. The van der Waals surface area contributed by atoms with Crippen LogP contribution >= 0.6 is 0 Å². The molecule has 0 saturated carbocycles. The van der Waals surface area contributed by atoms with Gasteiger partial charge >= 0.3 is 0 Å². The zero-order valence-electron chi connectivity index (χ0n) is 34.1. The highest BCUT2D eigenvalue weighted by molar-refractivity contribution is 6.11. The summed E-state index contributed by atoms with van der Waals surface area (Å²) in [5.41, 5.74) is 18.6. The van der Waals surface area contributed by atoms with Gasteiger partial charge in [0.15, 0.2) is 0 Å². The molecular weight excluding hydrogens is 749 g/mol. The molecule has 0 radical (unpaired) electrons. The minimum Gasteiger partial charge on any atom is -0.310 e. The Balaban J connectivity index is 1.11. The fourth-order valence-electron chi connectivity index (χ4n) is 9.09. The molecule has 0 spiro atoms. The summed E-state index contributed by atoms with van der Waals surface area (Å²) in [5, 5.41) is 2.43. The van der Waals surface area contributed by atoms with Crippen LogP contribution in [0, 0.1) is 0 Å². The molecule has 0 unspecified atom stereocenters. The van der Waals surface area contributed by atoms with Crippen LogP contribution < -0.4 is 4.90 Å². The lowest BCUT2D eigenvalue weighted by Crippen LogP contribution is -2.11. The van der Waals surface area contributed by atoms with Crippen LogP contribution in [0.3, 0.4) is 0 Å². The summed E-state index contributed by atoms with van der Waals surface area (Å²) < 4.78 is 2.47. The Morgan fingerprint density at radius 3 is 1.44 bits per heavy atom. The minimum atomic E-state index is 1.08. The van der Waals surface area contributed by atoms with Gasteiger partial charge in [0.05, 0.1) is 22.4 Å². The topological polar surface area (TPSA) is 8.17 Å². The second-order valence-electron chi connectivity index (χ2n) is 15.7. The van der Waals surface area contributed by atoms with Crippen molar-refractivity contribution in [2.45, 2.75) is 0 Å². The van der Waals surface area contributed by atoms with Crippen LogP contribution in [0.4, 0.5) is 17.1 Å². The first-order valence-corrected chi connectivity index (χ1v) is 21.3. The zero-order valence-corrected chi connectivity index (χ0v) is 34.1. The predicted octanol–water partition coefficient (Wildman–Crippen LogP) is 16.6. The van der Waals surface area contributed by atoms with Gasteiger partial charge in [0.25, 0.3) is 0 Å². The highest BCUT2D eigenvalue weighted by Gasteiger charge is 2.22. The summed E-state index contributed by atoms with van der Waals surface area (Å²) >= 11 is 0. The molecule has 0 amide bonds. The van der Waals surface area contributed by atoms with Crippen molar-refractivity contribution in [1.29, 1.82) is 0 Å². The van der Waals surface area contributed by atoms with E-state index >= 15 is 0 Å². The first-order chi connectivity index (χ1) is 30.8. The molecule has 0 N–H and O–H groups in total. The van der Waals surface area contributed by atoms with E-state index in [1.54, 1.807) is 0 Å². The van der Waals surface area contributed by atoms with Crippen LogP contribution in [0.1, 0.15) is 0 Å². The van der Waals surface area contributed by atoms with E-state index in [1.165, 1.54) is 60.8 Å². The summed E-state index contributed by atoms with van der Waals surface area (Å²) in [7, 11) is 0. The SMILES string of the molecule is c1ccc(-c2ccc(-c3ccc(N(c4ccccc4)c4ccc5c6ccccc6n(-c6ccccc6-c6ccccc6-c6ccccc6)c5c4)c(-c4ccccc4)c3)cc2)cc1. The molecule has 292 valence electrons. The molecule has 0 aliphatic rings. The van der Waals surface area contributed by atoms with Crippen molar-refractivity contribution in [2.75, 3.05) is 4.90 Å². The Labute approximate surface area is 362 Å². The molecule has 11 aromatic rings. The smallest absolute Gasteiger partial charge is 0.0562 e. The quantitative estimate of drug-likeness (QED) is 0.141. The number of hydrogen-bond acceptors (Lipinski definition) is 1. The van der Waals surface area contributed by atoms with Crippen LogP contribution in [0.5, 0.6) is 0 Å². The lowest BCUT2D eigenvalue weighted by Gasteiger charge is -2.28. The van der Waals surface area contributed by atoms with Gasteiger partial charge in [-0.2, -0.15) is 0 Å². The maximum Gasteiger partial charge on any atom is 0.0562 e. The van der Waals surface area contributed by atoms with E-state index < -0.39 is 0 Å². The molecule has 0 bridgehead atoms. The van der Waals surface area contributed by atoms with Gasteiger partial charge in [-0.05, 0) is 93.0 Å². The molecule has 2 nitrogen and oxygen atoms in total. The summed E-state index contributed by atoms with van der Waals surface area (Å²) in [5.74, 6) is 0. The second-order valence-corrected chi connectivity index (χ2v) is 15.7. The van der Waals surface area contributed by atoms with Gasteiger partial charge in [-0.15, -0.1) is 0 Å². The molecule has 62 heavy (non-hydrogen) atoms. The maximum absolute atomic E-state index is 2.47. The Kier molecular flexibility index (Phi) is 9.57. The minimum absolute atomic E-state index is 1.08. The van der Waals surface area contributed by atoms with Crippen LogP contribution in [0.2, 0.25) is 0 Å². The Morgan fingerprint density at radius 1 is 0.258 bits per heavy atom. The van der Waals surface area contributed by atoms with Crippen molar-refractivity contribution < 1.29 is 0 Å². The van der Waals surface area contributed by atoms with Gasteiger partial charge in [-0.25, -0.2) is 0 Å².